The summed E-state index contributed by atoms with van der Waals surface area (Å²) >= 11 is 0. The molecule has 2 fully saturated rings. The molecule has 0 bridgehead atoms. The van der Waals surface area contributed by atoms with Crippen LogP contribution in [0.1, 0.15) is 50.7 Å². The zero-order chi connectivity index (χ0) is 12.0. The first kappa shape index (κ1) is 11.2. The summed E-state index contributed by atoms with van der Waals surface area (Å²) in [4.78, 5) is 6.96. The topological polar surface area (TPSA) is 68.2 Å². The highest BCUT2D eigenvalue weighted by atomic mass is 16.5. The fourth-order valence-corrected chi connectivity index (χ4v) is 3.09. The van der Waals surface area contributed by atoms with Gasteiger partial charge in [-0.3, -0.25) is 4.90 Å². The zero-order valence-corrected chi connectivity index (χ0v) is 10.5. The van der Waals surface area contributed by atoms with E-state index in [1.807, 2.05) is 0 Å². The first-order valence-corrected chi connectivity index (χ1v) is 6.48. The molecule has 0 spiro atoms. The van der Waals surface area contributed by atoms with Crippen molar-refractivity contribution in [3.63, 3.8) is 0 Å². The smallest absolute Gasteiger partial charge is 0.229 e. The van der Waals surface area contributed by atoms with Gasteiger partial charge in [0, 0.05) is 18.5 Å². The fraction of sp³-hybridized carbons (Fsp3) is 0.833. The quantitative estimate of drug-likeness (QED) is 0.836. The number of nitrogens with two attached hydrogens (primary N) is 1. The van der Waals surface area contributed by atoms with Crippen LogP contribution in [0.3, 0.4) is 0 Å². The fourth-order valence-electron chi connectivity index (χ4n) is 3.09. The lowest BCUT2D eigenvalue weighted by molar-refractivity contribution is 0.252. The third-order valence-corrected chi connectivity index (χ3v) is 4.12. The average Bonchev–Trinajstić information content (AvgIpc) is 2.96. The van der Waals surface area contributed by atoms with E-state index in [0.717, 1.165) is 19.4 Å². The molecule has 2 aliphatic heterocycles. The Morgan fingerprint density at radius 3 is 3.00 bits per heavy atom. The number of fused-ring (bicyclic) bond motifs is 1. The molecule has 2 saturated heterocycles. The zero-order valence-electron chi connectivity index (χ0n) is 10.5. The monoisotopic (exact) mass is 236 g/mol. The molecule has 3 heterocycles. The highest BCUT2D eigenvalue weighted by Gasteiger charge is 2.50. The molecule has 0 radical (unpaired) electrons. The third-order valence-electron chi connectivity index (χ3n) is 4.12. The Balaban J connectivity index is 1.91. The molecule has 0 saturated carbocycles. The third kappa shape index (κ3) is 1.60. The molecule has 94 valence electrons. The maximum atomic E-state index is 6.55. The van der Waals surface area contributed by atoms with E-state index in [1.54, 1.807) is 0 Å². The van der Waals surface area contributed by atoms with Gasteiger partial charge in [0.25, 0.3) is 0 Å². The van der Waals surface area contributed by atoms with Crippen LogP contribution in [0, 0.1) is 0 Å². The van der Waals surface area contributed by atoms with Crippen molar-refractivity contribution in [3.05, 3.63) is 11.7 Å². The second-order valence-electron chi connectivity index (χ2n) is 5.60. The van der Waals surface area contributed by atoms with Gasteiger partial charge in [-0.1, -0.05) is 19.0 Å². The summed E-state index contributed by atoms with van der Waals surface area (Å²) in [6.07, 6.45) is 3.33. The van der Waals surface area contributed by atoms with Crippen LogP contribution in [-0.4, -0.2) is 34.2 Å². The van der Waals surface area contributed by atoms with Crippen LogP contribution >= 0.6 is 0 Å². The van der Waals surface area contributed by atoms with E-state index in [-0.39, 0.29) is 5.92 Å². The molecule has 17 heavy (non-hydrogen) atoms. The molecular formula is C12H20N4O. The molecule has 3 rings (SSSR count). The predicted molar refractivity (Wildman–Crippen MR) is 63.5 cm³/mol. The van der Waals surface area contributed by atoms with Crippen molar-refractivity contribution in [3.8, 4) is 0 Å². The van der Waals surface area contributed by atoms with Crippen molar-refractivity contribution >= 4 is 0 Å². The minimum atomic E-state index is -0.396. The minimum Gasteiger partial charge on any atom is -0.339 e. The van der Waals surface area contributed by atoms with E-state index in [4.69, 9.17) is 10.3 Å². The van der Waals surface area contributed by atoms with Crippen molar-refractivity contribution in [2.75, 3.05) is 13.1 Å². The summed E-state index contributed by atoms with van der Waals surface area (Å²) < 4.78 is 5.29. The Bertz CT molecular complexity index is 416. The first-order chi connectivity index (χ1) is 8.11. The van der Waals surface area contributed by atoms with E-state index in [2.05, 4.69) is 28.9 Å². The van der Waals surface area contributed by atoms with Crippen LogP contribution < -0.4 is 5.73 Å². The Kier molecular flexibility index (Phi) is 2.48. The Morgan fingerprint density at radius 2 is 2.29 bits per heavy atom. The minimum absolute atomic E-state index is 0.265. The lowest BCUT2D eigenvalue weighted by Gasteiger charge is -2.27. The molecule has 5 heteroatoms. The lowest BCUT2D eigenvalue weighted by Crippen LogP contribution is -2.47. The molecule has 2 aliphatic rings. The molecule has 0 amide bonds. The van der Waals surface area contributed by atoms with Crippen LogP contribution in [-0.2, 0) is 5.54 Å². The second-order valence-corrected chi connectivity index (χ2v) is 5.60. The predicted octanol–water partition coefficient (Wildman–Crippen LogP) is 1.22. The van der Waals surface area contributed by atoms with Crippen LogP contribution in [0.5, 0.6) is 0 Å². The van der Waals surface area contributed by atoms with Gasteiger partial charge >= 0.3 is 0 Å². The largest absolute Gasteiger partial charge is 0.339 e. The number of hydrogen-bond acceptors (Lipinski definition) is 5. The molecule has 5 nitrogen and oxygen atoms in total. The maximum Gasteiger partial charge on any atom is 0.229 e. The van der Waals surface area contributed by atoms with Gasteiger partial charge in [0.2, 0.25) is 5.89 Å². The Morgan fingerprint density at radius 1 is 1.47 bits per heavy atom. The summed E-state index contributed by atoms with van der Waals surface area (Å²) in [5.74, 6) is 1.66. The van der Waals surface area contributed by atoms with Crippen molar-refractivity contribution in [1.29, 1.82) is 0 Å². The van der Waals surface area contributed by atoms with Gasteiger partial charge in [-0.05, 0) is 25.8 Å². The van der Waals surface area contributed by atoms with E-state index in [9.17, 15) is 0 Å². The summed E-state index contributed by atoms with van der Waals surface area (Å²) in [7, 11) is 0. The van der Waals surface area contributed by atoms with Gasteiger partial charge < -0.3 is 10.3 Å². The molecule has 0 aromatic carbocycles. The SMILES string of the molecule is CC(C)c1nc(C2(N)CCN3CCCC32)no1. The van der Waals surface area contributed by atoms with Gasteiger partial charge in [0.05, 0.1) is 5.54 Å². The van der Waals surface area contributed by atoms with Crippen molar-refractivity contribution in [2.45, 2.75) is 50.6 Å². The molecule has 0 aliphatic carbocycles. The molecule has 1 aromatic heterocycles. The number of aromatic nitrogens is 2. The Hall–Kier alpha value is -0.940. The summed E-state index contributed by atoms with van der Waals surface area (Å²) in [5, 5.41) is 4.11. The van der Waals surface area contributed by atoms with Gasteiger partial charge in [0.1, 0.15) is 0 Å². The summed E-state index contributed by atoms with van der Waals surface area (Å²) in [5.41, 5.74) is 6.16. The van der Waals surface area contributed by atoms with Crippen LogP contribution in [0.15, 0.2) is 4.52 Å². The van der Waals surface area contributed by atoms with Crippen LogP contribution in [0.25, 0.3) is 0 Å². The Labute approximate surface area is 101 Å². The molecular weight excluding hydrogens is 216 g/mol. The van der Waals surface area contributed by atoms with Gasteiger partial charge in [-0.25, -0.2) is 0 Å². The summed E-state index contributed by atoms with van der Waals surface area (Å²) in [6.45, 7) is 6.33. The van der Waals surface area contributed by atoms with Gasteiger partial charge in [-0.2, -0.15) is 4.98 Å². The first-order valence-electron chi connectivity index (χ1n) is 6.48. The van der Waals surface area contributed by atoms with E-state index in [1.165, 1.54) is 13.0 Å². The number of nitrogens with zero attached hydrogens (tertiary/aromatic N) is 3. The summed E-state index contributed by atoms with van der Waals surface area (Å²) in [6, 6.07) is 0.403. The molecule has 1 aromatic rings. The van der Waals surface area contributed by atoms with Crippen molar-refractivity contribution in [2.24, 2.45) is 5.73 Å². The van der Waals surface area contributed by atoms with Crippen molar-refractivity contribution in [1.82, 2.24) is 15.0 Å². The lowest BCUT2D eigenvalue weighted by atomic mass is 9.89. The molecule has 2 atom stereocenters. The van der Waals surface area contributed by atoms with Gasteiger partial charge in [-0.15, -0.1) is 0 Å². The van der Waals surface area contributed by atoms with Gasteiger partial charge in [0.15, 0.2) is 5.82 Å². The van der Waals surface area contributed by atoms with E-state index in [0.29, 0.717) is 17.8 Å². The van der Waals surface area contributed by atoms with Crippen LogP contribution in [0.2, 0.25) is 0 Å². The normalized spacial score (nSPS) is 33.5. The average molecular weight is 236 g/mol. The highest BCUT2D eigenvalue weighted by Crippen LogP contribution is 2.40. The van der Waals surface area contributed by atoms with Crippen molar-refractivity contribution < 1.29 is 4.52 Å². The molecule has 2 N–H and O–H groups in total. The van der Waals surface area contributed by atoms with Crippen LogP contribution in [0.4, 0.5) is 0 Å². The van der Waals surface area contributed by atoms with E-state index >= 15 is 0 Å². The maximum absolute atomic E-state index is 6.55. The highest BCUT2D eigenvalue weighted by molar-refractivity contribution is 5.16. The molecule has 2 unspecified atom stereocenters. The number of rotatable bonds is 2. The second kappa shape index (κ2) is 3.78. The standard InChI is InChI=1S/C12H20N4O/c1-8(2)10-14-11(15-17-10)12(13)5-7-16-6-3-4-9(12)16/h8-9H,3-7,13H2,1-2H3. The number of hydrogen-bond donors (Lipinski definition) is 1. The van der Waals surface area contributed by atoms with E-state index < -0.39 is 5.54 Å².